The van der Waals surface area contributed by atoms with Crippen LogP contribution in [0, 0.1) is 0 Å². The Morgan fingerprint density at radius 2 is 2.19 bits per heavy atom. The second-order valence-corrected chi connectivity index (χ2v) is 7.57. The van der Waals surface area contributed by atoms with E-state index in [0.29, 0.717) is 25.9 Å². The van der Waals surface area contributed by atoms with Gasteiger partial charge in [-0.05, 0) is 30.9 Å². The van der Waals surface area contributed by atoms with Gasteiger partial charge in [0.2, 0.25) is 11.8 Å². The van der Waals surface area contributed by atoms with Gasteiger partial charge in [0, 0.05) is 58.0 Å². The van der Waals surface area contributed by atoms with E-state index in [1.54, 1.807) is 11.1 Å². The number of carbonyl (C=O) groups is 2. The Bertz CT molecular complexity index is 625. The monoisotopic (exact) mass is 374 g/mol. The molecule has 2 amide bonds. The molecule has 1 aromatic rings. The maximum atomic E-state index is 12.3. The molecular weight excluding hydrogens is 344 g/mol. The van der Waals surface area contributed by atoms with E-state index in [0.717, 1.165) is 50.9 Å². The summed E-state index contributed by atoms with van der Waals surface area (Å²) < 4.78 is 0. The minimum atomic E-state index is -0.584. The molecule has 2 atom stereocenters. The molecule has 7 nitrogen and oxygen atoms in total. The normalized spacial score (nSPS) is 24.5. The van der Waals surface area contributed by atoms with Gasteiger partial charge in [-0.25, -0.2) is 0 Å². The lowest BCUT2D eigenvalue weighted by molar-refractivity contribution is -0.131. The number of hydrogen-bond acceptors (Lipinski definition) is 5. The molecule has 2 saturated heterocycles. The largest absolute Gasteiger partial charge is 0.390 e. The molecule has 1 aromatic heterocycles. The SMILES string of the molecule is O=C(CCN1CCCCCC1=O)N[C@@H]1CCN(Cc2cccnc2)C[C@H]1O. The maximum absolute atomic E-state index is 12.3. The predicted molar refractivity (Wildman–Crippen MR) is 102 cm³/mol. The summed E-state index contributed by atoms with van der Waals surface area (Å²) >= 11 is 0. The molecule has 0 unspecified atom stereocenters. The molecule has 2 aliphatic rings. The molecule has 2 aliphatic heterocycles. The molecule has 148 valence electrons. The van der Waals surface area contributed by atoms with Gasteiger partial charge in [-0.15, -0.1) is 0 Å². The van der Waals surface area contributed by atoms with Crippen LogP contribution in [0.3, 0.4) is 0 Å². The molecule has 7 heteroatoms. The molecule has 0 spiro atoms. The van der Waals surface area contributed by atoms with Crippen molar-refractivity contribution in [1.29, 1.82) is 0 Å². The van der Waals surface area contributed by atoms with E-state index in [4.69, 9.17) is 0 Å². The van der Waals surface area contributed by atoms with E-state index < -0.39 is 6.10 Å². The summed E-state index contributed by atoms with van der Waals surface area (Å²) in [5.41, 5.74) is 1.12. The molecule has 0 saturated carbocycles. The molecule has 2 fully saturated rings. The van der Waals surface area contributed by atoms with E-state index in [9.17, 15) is 14.7 Å². The van der Waals surface area contributed by atoms with Crippen LogP contribution in [0.5, 0.6) is 0 Å². The average Bonchev–Trinajstić information content (AvgIpc) is 2.87. The van der Waals surface area contributed by atoms with Crippen molar-refractivity contribution in [2.24, 2.45) is 0 Å². The number of carbonyl (C=O) groups excluding carboxylic acids is 2. The lowest BCUT2D eigenvalue weighted by Crippen LogP contribution is -2.54. The van der Waals surface area contributed by atoms with Crippen molar-refractivity contribution in [2.45, 2.75) is 57.2 Å². The predicted octanol–water partition coefficient (Wildman–Crippen LogP) is 0.926. The Morgan fingerprint density at radius 3 is 2.96 bits per heavy atom. The summed E-state index contributed by atoms with van der Waals surface area (Å²) in [5, 5.41) is 13.4. The number of likely N-dealkylation sites (tertiary alicyclic amines) is 2. The summed E-state index contributed by atoms with van der Waals surface area (Å²) in [7, 11) is 0. The Morgan fingerprint density at radius 1 is 1.30 bits per heavy atom. The Hall–Kier alpha value is -1.99. The van der Waals surface area contributed by atoms with Gasteiger partial charge < -0.3 is 15.3 Å². The summed E-state index contributed by atoms with van der Waals surface area (Å²) in [6.07, 6.45) is 7.66. The highest BCUT2D eigenvalue weighted by atomic mass is 16.3. The number of nitrogens with zero attached hydrogens (tertiary/aromatic N) is 3. The van der Waals surface area contributed by atoms with E-state index in [1.807, 2.05) is 18.3 Å². The summed E-state index contributed by atoms with van der Waals surface area (Å²) in [5.74, 6) is 0.0702. The Kier molecular flexibility index (Phi) is 7.18. The van der Waals surface area contributed by atoms with Crippen molar-refractivity contribution < 1.29 is 14.7 Å². The van der Waals surface area contributed by atoms with Crippen molar-refractivity contribution >= 4 is 11.8 Å². The number of aromatic nitrogens is 1. The van der Waals surface area contributed by atoms with E-state index in [2.05, 4.69) is 15.2 Å². The topological polar surface area (TPSA) is 85.8 Å². The molecule has 3 heterocycles. The van der Waals surface area contributed by atoms with Crippen molar-refractivity contribution in [1.82, 2.24) is 20.1 Å². The number of aliphatic hydroxyl groups is 1. The second kappa shape index (κ2) is 9.80. The third-order valence-corrected chi connectivity index (χ3v) is 5.42. The van der Waals surface area contributed by atoms with Crippen LogP contribution in [0.2, 0.25) is 0 Å². The number of rotatable bonds is 6. The highest BCUT2D eigenvalue weighted by Gasteiger charge is 2.29. The zero-order valence-electron chi connectivity index (χ0n) is 15.8. The van der Waals surface area contributed by atoms with Crippen molar-refractivity contribution in [3.8, 4) is 0 Å². The average molecular weight is 374 g/mol. The molecule has 2 N–H and O–H groups in total. The lowest BCUT2D eigenvalue weighted by atomic mass is 10.0. The van der Waals surface area contributed by atoms with E-state index in [1.165, 1.54) is 0 Å². The standard InChI is InChI=1S/C20H30N4O3/c25-18-15-23(14-16-5-4-9-21-13-16)11-7-17(18)22-19(26)8-12-24-10-3-1-2-6-20(24)27/h4-5,9,13,17-18,25H,1-3,6-8,10-12,14-15H2,(H,22,26)/t17-,18-/m1/s1. The van der Waals surface area contributed by atoms with Crippen LogP contribution in [0.15, 0.2) is 24.5 Å². The number of amides is 2. The molecule has 0 radical (unpaired) electrons. The molecular formula is C20H30N4O3. The molecule has 0 aromatic carbocycles. The number of nitrogens with one attached hydrogen (secondary N) is 1. The van der Waals surface area contributed by atoms with Crippen LogP contribution in [0.25, 0.3) is 0 Å². The van der Waals surface area contributed by atoms with Gasteiger partial charge in [-0.1, -0.05) is 12.5 Å². The van der Waals surface area contributed by atoms with Crippen LogP contribution in [0.1, 0.15) is 44.1 Å². The van der Waals surface area contributed by atoms with Crippen molar-refractivity contribution in [3.63, 3.8) is 0 Å². The third kappa shape index (κ3) is 6.01. The van der Waals surface area contributed by atoms with Gasteiger partial charge in [0.15, 0.2) is 0 Å². The van der Waals surface area contributed by atoms with Gasteiger partial charge in [0.1, 0.15) is 0 Å². The Balaban J connectivity index is 1.40. The number of pyridine rings is 1. The maximum Gasteiger partial charge on any atom is 0.222 e. The van der Waals surface area contributed by atoms with Crippen LogP contribution in [-0.2, 0) is 16.1 Å². The zero-order valence-corrected chi connectivity index (χ0v) is 15.8. The highest BCUT2D eigenvalue weighted by Crippen LogP contribution is 2.15. The second-order valence-electron chi connectivity index (χ2n) is 7.57. The zero-order chi connectivity index (χ0) is 19.1. The quantitative estimate of drug-likeness (QED) is 0.774. The summed E-state index contributed by atoms with van der Waals surface area (Å²) in [6.45, 7) is 3.33. The van der Waals surface area contributed by atoms with Gasteiger partial charge in [-0.2, -0.15) is 0 Å². The van der Waals surface area contributed by atoms with Gasteiger partial charge in [0.25, 0.3) is 0 Å². The fraction of sp³-hybridized carbons (Fsp3) is 0.650. The fourth-order valence-electron chi connectivity index (χ4n) is 3.85. The first-order chi connectivity index (χ1) is 13.1. The minimum absolute atomic E-state index is 0.0863. The lowest BCUT2D eigenvalue weighted by Gasteiger charge is -2.36. The third-order valence-electron chi connectivity index (χ3n) is 5.42. The summed E-state index contributed by atoms with van der Waals surface area (Å²) in [4.78, 5) is 32.4. The number of piperidine rings is 1. The van der Waals surface area contributed by atoms with E-state index >= 15 is 0 Å². The molecule has 0 bridgehead atoms. The first-order valence-electron chi connectivity index (χ1n) is 9.98. The van der Waals surface area contributed by atoms with Crippen LogP contribution >= 0.6 is 0 Å². The molecule has 27 heavy (non-hydrogen) atoms. The minimum Gasteiger partial charge on any atom is -0.390 e. The van der Waals surface area contributed by atoms with Crippen LogP contribution < -0.4 is 5.32 Å². The van der Waals surface area contributed by atoms with Crippen LogP contribution in [0.4, 0.5) is 0 Å². The number of hydrogen-bond donors (Lipinski definition) is 2. The smallest absolute Gasteiger partial charge is 0.222 e. The van der Waals surface area contributed by atoms with E-state index in [-0.39, 0.29) is 17.9 Å². The fourth-order valence-corrected chi connectivity index (χ4v) is 3.85. The first-order valence-corrected chi connectivity index (χ1v) is 9.98. The number of aliphatic hydroxyl groups excluding tert-OH is 1. The first kappa shape index (κ1) is 19.8. The van der Waals surface area contributed by atoms with Crippen LogP contribution in [-0.4, -0.2) is 70.0 Å². The van der Waals surface area contributed by atoms with Gasteiger partial charge in [0.05, 0.1) is 12.1 Å². The molecule has 3 rings (SSSR count). The summed E-state index contributed by atoms with van der Waals surface area (Å²) in [6, 6.07) is 3.72. The highest BCUT2D eigenvalue weighted by molar-refractivity contribution is 5.79. The Labute approximate surface area is 160 Å². The van der Waals surface area contributed by atoms with Crippen molar-refractivity contribution in [3.05, 3.63) is 30.1 Å². The number of β-amino-alcohol motifs (C(OH)–C–C–N with tert-alkyl or cyclic N) is 1. The van der Waals surface area contributed by atoms with Gasteiger partial charge in [-0.3, -0.25) is 19.5 Å². The van der Waals surface area contributed by atoms with Gasteiger partial charge >= 0.3 is 0 Å². The van der Waals surface area contributed by atoms with Crippen molar-refractivity contribution in [2.75, 3.05) is 26.2 Å². The molecule has 0 aliphatic carbocycles.